The van der Waals surface area contributed by atoms with Crippen LogP contribution < -0.4 is 20.7 Å². The molecule has 1 aromatic heterocycles. The Kier molecular flexibility index (Phi) is 7.34. The number of hydrogen-bond acceptors (Lipinski definition) is 9. The molecule has 2 saturated carbocycles. The molecule has 2 unspecified atom stereocenters. The fraction of sp³-hybridized carbons (Fsp3) is 0.667. The van der Waals surface area contributed by atoms with Crippen LogP contribution >= 0.6 is 11.6 Å². The summed E-state index contributed by atoms with van der Waals surface area (Å²) in [6.45, 7) is 4.77. The number of nitrogens with zero attached hydrogens (tertiary/aromatic N) is 3. The second-order valence-electron chi connectivity index (χ2n) is 10.00. The van der Waals surface area contributed by atoms with E-state index in [0.717, 1.165) is 31.9 Å². The molecule has 1 aromatic rings. The minimum Gasteiger partial charge on any atom is -0.389 e. The number of halogens is 1. The topological polar surface area (TPSA) is 155 Å². The molecule has 13 heteroatoms. The van der Waals surface area contributed by atoms with Gasteiger partial charge in [0.1, 0.15) is 5.02 Å². The summed E-state index contributed by atoms with van der Waals surface area (Å²) in [5, 5.41) is 27.1. The van der Waals surface area contributed by atoms with Crippen molar-refractivity contribution in [1.82, 2.24) is 24.3 Å². The third kappa shape index (κ3) is 6.57. The summed E-state index contributed by atoms with van der Waals surface area (Å²) in [6.07, 6.45) is 7.74. The third-order valence-corrected chi connectivity index (χ3v) is 8.12. The summed E-state index contributed by atoms with van der Waals surface area (Å²) in [5.74, 6) is 1.40. The molecule has 3 aliphatic rings. The lowest BCUT2D eigenvalue weighted by Gasteiger charge is -2.20. The van der Waals surface area contributed by atoms with Crippen LogP contribution in [0.15, 0.2) is 18.1 Å². The molecule has 2 atom stereocenters. The first kappa shape index (κ1) is 25.1. The van der Waals surface area contributed by atoms with Gasteiger partial charge >= 0.3 is 0 Å². The van der Waals surface area contributed by atoms with Crippen LogP contribution in [0, 0.1) is 17.2 Å². The van der Waals surface area contributed by atoms with Gasteiger partial charge in [-0.25, -0.2) is 4.98 Å². The normalized spacial score (nSPS) is 25.8. The number of aromatic nitrogens is 2. The standard InChI is InChI=1S/C21H33ClN8O3S/c1-21(2,31)12-24-8-17(7-23)27-20-25-9-18(22)19(28-20)26-16-5-13-10-30(11-14(13)6-16)34(32,33)29-15-3-4-15/h7-9,13-16,23-24,29,31H,3-6,10-12H2,1-2H3,(H2,25,26,27,28)/b17-8+,23-7?. The lowest BCUT2D eigenvalue weighted by molar-refractivity contribution is 0.0835. The second kappa shape index (κ2) is 9.94. The molecule has 0 amide bonds. The average molecular weight is 513 g/mol. The van der Waals surface area contributed by atoms with Gasteiger partial charge in [-0.15, -0.1) is 0 Å². The van der Waals surface area contributed by atoms with Crippen molar-refractivity contribution in [2.75, 3.05) is 30.3 Å². The highest BCUT2D eigenvalue weighted by atomic mass is 35.5. The summed E-state index contributed by atoms with van der Waals surface area (Å²) in [6, 6.07) is 0.255. The monoisotopic (exact) mass is 512 g/mol. The van der Waals surface area contributed by atoms with Gasteiger partial charge in [-0.3, -0.25) is 0 Å². The van der Waals surface area contributed by atoms with Gasteiger partial charge in [0.2, 0.25) is 5.95 Å². The molecule has 0 bridgehead atoms. The Bertz CT molecular complexity index is 1030. The molecule has 2 heterocycles. The zero-order chi connectivity index (χ0) is 24.5. The van der Waals surface area contributed by atoms with Gasteiger partial charge in [0.05, 0.1) is 17.5 Å². The van der Waals surface area contributed by atoms with Crippen molar-refractivity contribution < 1.29 is 13.5 Å². The average Bonchev–Trinajstić information content (AvgIpc) is 3.32. The van der Waals surface area contributed by atoms with Crippen molar-refractivity contribution in [3.8, 4) is 0 Å². The molecule has 4 rings (SSSR count). The number of anilines is 2. The van der Waals surface area contributed by atoms with Gasteiger partial charge in [-0.1, -0.05) is 11.6 Å². The van der Waals surface area contributed by atoms with E-state index in [1.165, 1.54) is 6.20 Å². The number of rotatable bonds is 11. The molecule has 34 heavy (non-hydrogen) atoms. The first-order chi connectivity index (χ1) is 16.0. The van der Waals surface area contributed by atoms with Crippen LogP contribution in [-0.4, -0.2) is 71.3 Å². The molecule has 0 radical (unpaired) electrons. The minimum atomic E-state index is -3.39. The van der Waals surface area contributed by atoms with E-state index in [2.05, 4.69) is 30.6 Å². The Labute approximate surface area is 205 Å². The second-order valence-corrected chi connectivity index (χ2v) is 12.1. The Balaban J connectivity index is 1.33. The van der Waals surface area contributed by atoms with Gasteiger partial charge in [-0.2, -0.15) is 22.4 Å². The van der Waals surface area contributed by atoms with E-state index < -0.39 is 15.8 Å². The maximum absolute atomic E-state index is 12.5. The predicted molar refractivity (Wildman–Crippen MR) is 132 cm³/mol. The maximum atomic E-state index is 12.5. The quantitative estimate of drug-likeness (QED) is 0.244. The van der Waals surface area contributed by atoms with Gasteiger partial charge in [0.15, 0.2) is 5.82 Å². The fourth-order valence-electron chi connectivity index (χ4n) is 4.43. The first-order valence-corrected chi connectivity index (χ1v) is 13.3. The van der Waals surface area contributed by atoms with Crippen LogP contribution in [0.1, 0.15) is 39.5 Å². The molecule has 11 nitrogen and oxygen atoms in total. The Morgan fingerprint density at radius 1 is 1.29 bits per heavy atom. The highest BCUT2D eigenvalue weighted by Crippen LogP contribution is 2.40. The molecule has 0 aromatic carbocycles. The van der Waals surface area contributed by atoms with Crippen molar-refractivity contribution in [2.45, 2.75) is 57.2 Å². The number of allylic oxidation sites excluding steroid dienone is 1. The predicted octanol–water partition coefficient (Wildman–Crippen LogP) is 1.51. The lowest BCUT2D eigenvalue weighted by Crippen LogP contribution is -2.41. The molecule has 3 fully saturated rings. The van der Waals surface area contributed by atoms with E-state index in [0.29, 0.717) is 48.0 Å². The zero-order valence-electron chi connectivity index (χ0n) is 19.4. The molecule has 1 aliphatic heterocycles. The Morgan fingerprint density at radius 2 is 1.97 bits per heavy atom. The van der Waals surface area contributed by atoms with Crippen LogP contribution in [0.2, 0.25) is 5.02 Å². The number of fused-ring (bicyclic) bond motifs is 1. The van der Waals surface area contributed by atoms with Crippen molar-refractivity contribution in [1.29, 1.82) is 5.41 Å². The van der Waals surface area contributed by atoms with E-state index in [9.17, 15) is 13.5 Å². The largest absolute Gasteiger partial charge is 0.389 e. The Morgan fingerprint density at radius 3 is 2.56 bits per heavy atom. The minimum absolute atomic E-state index is 0.114. The van der Waals surface area contributed by atoms with Gasteiger partial charge in [-0.05, 0) is 51.4 Å². The summed E-state index contributed by atoms with van der Waals surface area (Å²) < 4.78 is 29.4. The third-order valence-electron chi connectivity index (χ3n) is 6.24. The molecule has 6 N–H and O–H groups in total. The van der Waals surface area contributed by atoms with Crippen LogP contribution in [0.5, 0.6) is 0 Å². The van der Waals surface area contributed by atoms with Crippen molar-refractivity contribution >= 4 is 39.8 Å². The zero-order valence-corrected chi connectivity index (χ0v) is 21.0. The molecule has 188 valence electrons. The van der Waals surface area contributed by atoms with E-state index in [-0.39, 0.29) is 18.0 Å². The molecule has 1 saturated heterocycles. The summed E-state index contributed by atoms with van der Waals surface area (Å²) in [5.41, 5.74) is -0.458. The lowest BCUT2D eigenvalue weighted by atomic mass is 10.0. The molecular formula is C21H33ClN8O3S. The first-order valence-electron chi connectivity index (χ1n) is 11.5. The van der Waals surface area contributed by atoms with Gasteiger partial charge < -0.3 is 26.5 Å². The molecular weight excluding hydrogens is 480 g/mol. The van der Waals surface area contributed by atoms with Crippen LogP contribution in [0.4, 0.5) is 11.8 Å². The fourth-order valence-corrected chi connectivity index (χ4v) is 6.16. The number of hydrogen-bond donors (Lipinski definition) is 6. The molecule has 0 spiro atoms. The van der Waals surface area contributed by atoms with E-state index in [4.69, 9.17) is 17.0 Å². The maximum Gasteiger partial charge on any atom is 0.279 e. The summed E-state index contributed by atoms with van der Waals surface area (Å²) in [4.78, 5) is 8.65. The van der Waals surface area contributed by atoms with Crippen molar-refractivity contribution in [2.24, 2.45) is 11.8 Å². The van der Waals surface area contributed by atoms with Gasteiger partial charge in [0, 0.05) is 44.1 Å². The summed E-state index contributed by atoms with van der Waals surface area (Å²) in [7, 11) is -3.39. The Hall–Kier alpha value is -1.99. The molecule has 2 aliphatic carbocycles. The highest BCUT2D eigenvalue weighted by molar-refractivity contribution is 7.87. The van der Waals surface area contributed by atoms with Crippen molar-refractivity contribution in [3.05, 3.63) is 23.1 Å². The number of nitrogens with one attached hydrogen (secondary N) is 5. The van der Waals surface area contributed by atoms with Crippen molar-refractivity contribution in [3.63, 3.8) is 0 Å². The van der Waals surface area contributed by atoms with E-state index in [1.807, 2.05) is 0 Å². The van der Waals surface area contributed by atoms with Gasteiger partial charge in [0.25, 0.3) is 10.2 Å². The van der Waals surface area contributed by atoms with Crippen LogP contribution in [0.25, 0.3) is 0 Å². The van der Waals surface area contributed by atoms with E-state index >= 15 is 0 Å². The highest BCUT2D eigenvalue weighted by Gasteiger charge is 2.45. The SMILES string of the molecule is CC(C)(O)CN/C=C(\C=N)Nc1ncc(Cl)c(NC2CC3CN(S(=O)(=O)NC4CC4)CC3C2)n1. The smallest absolute Gasteiger partial charge is 0.279 e. The summed E-state index contributed by atoms with van der Waals surface area (Å²) >= 11 is 6.33. The number of aliphatic hydroxyl groups is 1. The van der Waals surface area contributed by atoms with E-state index in [1.54, 1.807) is 24.4 Å². The van der Waals surface area contributed by atoms with Crippen LogP contribution in [0.3, 0.4) is 0 Å². The van der Waals surface area contributed by atoms with Crippen LogP contribution in [-0.2, 0) is 10.2 Å².